The maximum atomic E-state index is 13.1. The predicted molar refractivity (Wildman–Crippen MR) is 123 cm³/mol. The van der Waals surface area contributed by atoms with Crippen LogP contribution in [-0.2, 0) is 9.53 Å². The molecular formula is C24H29N3O3S. The highest BCUT2D eigenvalue weighted by Gasteiger charge is 2.29. The number of hydrogen-bond acceptors (Lipinski definition) is 6. The van der Waals surface area contributed by atoms with E-state index in [4.69, 9.17) is 10.00 Å². The third-order valence-corrected chi connectivity index (χ3v) is 6.94. The number of esters is 1. The average molecular weight is 440 g/mol. The Morgan fingerprint density at radius 3 is 2.74 bits per heavy atom. The average Bonchev–Trinajstić information content (AvgIpc) is 3.09. The second-order valence-electron chi connectivity index (χ2n) is 8.07. The summed E-state index contributed by atoms with van der Waals surface area (Å²) in [5.74, 6) is -0.697. The van der Waals surface area contributed by atoms with Gasteiger partial charge in [-0.2, -0.15) is 5.26 Å². The molecule has 1 N–H and O–H groups in total. The molecule has 7 heteroatoms. The van der Waals surface area contributed by atoms with Gasteiger partial charge in [-0.25, -0.2) is 4.79 Å². The summed E-state index contributed by atoms with van der Waals surface area (Å²) in [4.78, 5) is 28.9. The van der Waals surface area contributed by atoms with Crippen LogP contribution in [0.5, 0.6) is 0 Å². The summed E-state index contributed by atoms with van der Waals surface area (Å²) in [6.07, 6.45) is 2.19. The minimum atomic E-state index is -0.452. The van der Waals surface area contributed by atoms with Gasteiger partial charge in [0.25, 0.3) is 0 Å². The van der Waals surface area contributed by atoms with Crippen molar-refractivity contribution in [2.24, 2.45) is 5.92 Å². The monoisotopic (exact) mass is 439 g/mol. The second kappa shape index (κ2) is 10.1. The summed E-state index contributed by atoms with van der Waals surface area (Å²) in [7, 11) is 1.36. The molecule has 31 heavy (non-hydrogen) atoms. The number of likely N-dealkylation sites (tertiary alicyclic amines) is 1. The zero-order valence-electron chi connectivity index (χ0n) is 18.6. The van der Waals surface area contributed by atoms with Crippen LogP contribution in [0.3, 0.4) is 0 Å². The second-order valence-corrected chi connectivity index (χ2v) is 9.29. The number of thiophene rings is 1. The van der Waals surface area contributed by atoms with Gasteiger partial charge in [0.2, 0.25) is 5.91 Å². The minimum Gasteiger partial charge on any atom is -0.465 e. The summed E-state index contributed by atoms with van der Waals surface area (Å²) in [6.45, 7) is 8.28. The molecule has 0 saturated carbocycles. The van der Waals surface area contributed by atoms with E-state index in [0.29, 0.717) is 30.1 Å². The Balaban J connectivity index is 1.89. The molecule has 1 aromatic carbocycles. The maximum absolute atomic E-state index is 13.1. The summed E-state index contributed by atoms with van der Waals surface area (Å²) in [5, 5.41) is 12.4. The lowest BCUT2D eigenvalue weighted by Crippen LogP contribution is -2.41. The molecule has 0 aliphatic carbocycles. The zero-order chi connectivity index (χ0) is 22.5. The van der Waals surface area contributed by atoms with Crippen molar-refractivity contribution < 1.29 is 14.3 Å². The lowest BCUT2D eigenvalue weighted by atomic mass is 9.96. The number of piperidine rings is 1. The summed E-state index contributed by atoms with van der Waals surface area (Å²) < 4.78 is 5.07. The van der Waals surface area contributed by atoms with Gasteiger partial charge in [-0.15, -0.1) is 11.3 Å². The van der Waals surface area contributed by atoms with Gasteiger partial charge >= 0.3 is 5.97 Å². The standard InChI is InChI=1S/C24H29N3O3S/c1-15-8-9-18(13-16(15)2)20-17(3)31-23(21(20)24(29)30-4)26-22(28)19-7-5-11-27(14-19)12-6-10-25/h8-9,13,19H,5-7,11-12,14H2,1-4H3,(H,26,28). The van der Waals surface area contributed by atoms with Crippen LogP contribution in [0.1, 0.15) is 45.6 Å². The number of aryl methyl sites for hydroxylation is 3. The molecule has 1 amide bonds. The Morgan fingerprint density at radius 1 is 1.29 bits per heavy atom. The zero-order valence-corrected chi connectivity index (χ0v) is 19.4. The van der Waals surface area contributed by atoms with Gasteiger partial charge < -0.3 is 15.0 Å². The Morgan fingerprint density at radius 2 is 2.06 bits per heavy atom. The predicted octanol–water partition coefficient (Wildman–Crippen LogP) is 4.69. The van der Waals surface area contributed by atoms with E-state index in [1.165, 1.54) is 24.0 Å². The molecule has 164 valence electrons. The fraction of sp³-hybridized carbons (Fsp3) is 0.458. The molecule has 1 aliphatic heterocycles. The highest BCUT2D eigenvalue weighted by molar-refractivity contribution is 7.17. The van der Waals surface area contributed by atoms with Crippen LogP contribution >= 0.6 is 11.3 Å². The van der Waals surface area contributed by atoms with Gasteiger partial charge in [0, 0.05) is 30.0 Å². The number of nitrogens with one attached hydrogen (secondary N) is 1. The number of ether oxygens (including phenoxy) is 1. The molecule has 0 bridgehead atoms. The Kier molecular flexibility index (Phi) is 7.47. The van der Waals surface area contributed by atoms with E-state index in [9.17, 15) is 9.59 Å². The maximum Gasteiger partial charge on any atom is 0.341 e. The van der Waals surface area contributed by atoms with Crippen molar-refractivity contribution in [2.45, 2.75) is 40.0 Å². The van der Waals surface area contributed by atoms with Crippen LogP contribution in [0.15, 0.2) is 18.2 Å². The fourth-order valence-corrected chi connectivity index (χ4v) is 5.14. The third kappa shape index (κ3) is 5.15. The number of hydrogen-bond donors (Lipinski definition) is 1. The molecule has 0 spiro atoms. The van der Waals surface area contributed by atoms with Crippen molar-refractivity contribution in [1.82, 2.24) is 4.90 Å². The van der Waals surface area contributed by atoms with Crippen molar-refractivity contribution >= 4 is 28.2 Å². The normalized spacial score (nSPS) is 16.5. The Hall–Kier alpha value is -2.69. The summed E-state index contributed by atoms with van der Waals surface area (Å²) in [5.41, 5.74) is 4.50. The number of nitrogens with zero attached hydrogens (tertiary/aromatic N) is 2. The van der Waals surface area contributed by atoms with E-state index in [0.717, 1.165) is 41.0 Å². The number of nitriles is 1. The van der Waals surface area contributed by atoms with Crippen LogP contribution in [0.4, 0.5) is 5.00 Å². The van der Waals surface area contributed by atoms with Crippen LogP contribution < -0.4 is 5.32 Å². The first-order valence-corrected chi connectivity index (χ1v) is 11.4. The molecule has 2 aromatic rings. The lowest BCUT2D eigenvalue weighted by Gasteiger charge is -2.31. The first-order chi connectivity index (χ1) is 14.8. The number of methoxy groups -OCH3 is 1. The number of rotatable bonds is 6. The minimum absolute atomic E-state index is 0.0836. The van der Waals surface area contributed by atoms with Gasteiger partial charge in [-0.3, -0.25) is 4.79 Å². The number of carbonyl (C=O) groups excluding carboxylic acids is 2. The van der Waals surface area contributed by atoms with E-state index < -0.39 is 5.97 Å². The molecular weight excluding hydrogens is 410 g/mol. The van der Waals surface area contributed by atoms with E-state index >= 15 is 0 Å². The van der Waals surface area contributed by atoms with Crippen molar-refractivity contribution in [3.8, 4) is 17.2 Å². The van der Waals surface area contributed by atoms with Gasteiger partial charge in [0.1, 0.15) is 10.6 Å². The Labute approximate surface area is 187 Å². The number of carbonyl (C=O) groups is 2. The fourth-order valence-electron chi connectivity index (χ4n) is 4.07. The molecule has 1 aliphatic rings. The smallest absolute Gasteiger partial charge is 0.341 e. The van der Waals surface area contributed by atoms with Crippen LogP contribution in [0, 0.1) is 38.0 Å². The molecule has 1 unspecified atom stereocenters. The molecule has 1 fully saturated rings. The van der Waals surface area contributed by atoms with E-state index in [1.54, 1.807) is 0 Å². The van der Waals surface area contributed by atoms with Gasteiger partial charge in [-0.05, 0) is 56.8 Å². The molecule has 0 radical (unpaired) electrons. The SMILES string of the molecule is COC(=O)c1c(NC(=O)C2CCCN(CCC#N)C2)sc(C)c1-c1ccc(C)c(C)c1. The van der Waals surface area contributed by atoms with Crippen LogP contribution in [-0.4, -0.2) is 43.5 Å². The number of benzene rings is 1. The lowest BCUT2D eigenvalue weighted by molar-refractivity contribution is -0.121. The number of amides is 1. The van der Waals surface area contributed by atoms with Gasteiger partial charge in [0.05, 0.1) is 19.1 Å². The molecule has 6 nitrogen and oxygen atoms in total. The van der Waals surface area contributed by atoms with Crippen molar-refractivity contribution in [3.05, 3.63) is 39.8 Å². The molecule has 1 aromatic heterocycles. The first kappa shape index (κ1) is 23.0. The highest BCUT2D eigenvalue weighted by Crippen LogP contribution is 2.41. The molecule has 1 saturated heterocycles. The van der Waals surface area contributed by atoms with Crippen molar-refractivity contribution in [1.29, 1.82) is 5.26 Å². The number of anilines is 1. The summed E-state index contributed by atoms with van der Waals surface area (Å²) >= 11 is 1.41. The molecule has 2 heterocycles. The quantitative estimate of drug-likeness (QED) is 0.660. The molecule has 3 rings (SSSR count). The summed E-state index contributed by atoms with van der Waals surface area (Å²) in [6, 6.07) is 8.28. The van der Waals surface area contributed by atoms with Gasteiger partial charge in [0.15, 0.2) is 0 Å². The van der Waals surface area contributed by atoms with E-state index in [1.807, 2.05) is 26.0 Å². The van der Waals surface area contributed by atoms with Crippen molar-refractivity contribution in [3.63, 3.8) is 0 Å². The highest BCUT2D eigenvalue weighted by atomic mass is 32.1. The Bertz CT molecular complexity index is 1020. The van der Waals surface area contributed by atoms with Crippen LogP contribution in [0.25, 0.3) is 11.1 Å². The third-order valence-electron chi connectivity index (χ3n) is 5.92. The van der Waals surface area contributed by atoms with Crippen molar-refractivity contribution in [2.75, 3.05) is 32.1 Å². The van der Waals surface area contributed by atoms with E-state index in [-0.39, 0.29) is 11.8 Å². The largest absolute Gasteiger partial charge is 0.465 e. The van der Waals surface area contributed by atoms with Gasteiger partial charge in [-0.1, -0.05) is 18.2 Å². The van der Waals surface area contributed by atoms with E-state index in [2.05, 4.69) is 29.3 Å². The van der Waals surface area contributed by atoms with Crippen LogP contribution in [0.2, 0.25) is 0 Å². The molecule has 1 atom stereocenters. The first-order valence-electron chi connectivity index (χ1n) is 10.5. The topological polar surface area (TPSA) is 82.4 Å².